The molecule has 56 heavy (non-hydrogen) atoms. The van der Waals surface area contributed by atoms with Crippen molar-refractivity contribution in [2.24, 2.45) is 0 Å². The first-order valence-electron chi connectivity index (χ1n) is 19.5. The van der Waals surface area contributed by atoms with E-state index >= 15 is 0 Å². The van der Waals surface area contributed by atoms with Gasteiger partial charge >= 0.3 is 0 Å². The Balaban J connectivity index is 0.896. The van der Waals surface area contributed by atoms with Crippen LogP contribution in [0, 0.1) is 27.7 Å². The van der Waals surface area contributed by atoms with Crippen molar-refractivity contribution >= 4 is 55.8 Å². The molecule has 0 aliphatic rings. The molecular formula is C54H42N2. The molecule has 2 aromatic heterocycles. The van der Waals surface area contributed by atoms with E-state index in [9.17, 15) is 0 Å². The minimum absolute atomic E-state index is 1.17. The molecule has 0 amide bonds. The van der Waals surface area contributed by atoms with Crippen LogP contribution >= 0.6 is 0 Å². The predicted octanol–water partition coefficient (Wildman–Crippen LogP) is 14.6. The van der Waals surface area contributed by atoms with Gasteiger partial charge in [0.2, 0.25) is 0 Å². The fraction of sp³-hybridized carbons (Fsp3) is 0.0741. The maximum atomic E-state index is 2.43. The summed E-state index contributed by atoms with van der Waals surface area (Å²) in [6, 6.07) is 62.6. The maximum Gasteiger partial charge on any atom is 0.0541 e. The summed E-state index contributed by atoms with van der Waals surface area (Å²) in [6.07, 6.45) is 4.40. The van der Waals surface area contributed by atoms with Crippen LogP contribution in [0.4, 0.5) is 0 Å². The van der Waals surface area contributed by atoms with Crippen molar-refractivity contribution in [1.29, 1.82) is 0 Å². The van der Waals surface area contributed by atoms with Crippen molar-refractivity contribution < 1.29 is 0 Å². The number of para-hydroxylation sites is 1. The Hall–Kier alpha value is -6.90. The molecular weight excluding hydrogens is 677 g/mol. The van der Waals surface area contributed by atoms with Crippen molar-refractivity contribution in [2.45, 2.75) is 27.7 Å². The molecule has 0 fully saturated rings. The van der Waals surface area contributed by atoms with Crippen LogP contribution in [0.25, 0.3) is 89.4 Å². The SMILES string of the molecule is Cc1ccc2c(c1)c1cc(C)ccc1n2-c1ccc(-c2ccc(/C=C/c3ccc(-c4ccccc4-n4c5ccc(C)cc5c5cc(C)ccc54)cc3)cc2)cc1. The topological polar surface area (TPSA) is 9.86 Å². The lowest BCUT2D eigenvalue weighted by molar-refractivity contribution is 1.18. The summed E-state index contributed by atoms with van der Waals surface area (Å²) < 4.78 is 4.82. The van der Waals surface area contributed by atoms with Gasteiger partial charge in [-0.3, -0.25) is 0 Å². The van der Waals surface area contributed by atoms with Gasteiger partial charge in [0.1, 0.15) is 0 Å². The summed E-state index contributed by atoms with van der Waals surface area (Å²) in [5.41, 5.74) is 19.6. The highest BCUT2D eigenvalue weighted by molar-refractivity contribution is 6.11. The smallest absolute Gasteiger partial charge is 0.0541 e. The van der Waals surface area contributed by atoms with Crippen molar-refractivity contribution in [2.75, 3.05) is 0 Å². The average Bonchev–Trinajstić information content (AvgIpc) is 3.71. The van der Waals surface area contributed by atoms with E-state index in [1.807, 2.05) is 0 Å². The fourth-order valence-electron chi connectivity index (χ4n) is 8.51. The minimum atomic E-state index is 1.17. The van der Waals surface area contributed by atoms with E-state index in [1.165, 1.54) is 111 Å². The van der Waals surface area contributed by atoms with Crippen molar-refractivity contribution in [3.63, 3.8) is 0 Å². The van der Waals surface area contributed by atoms with Crippen molar-refractivity contribution in [3.05, 3.63) is 203 Å². The lowest BCUT2D eigenvalue weighted by Crippen LogP contribution is -1.97. The van der Waals surface area contributed by atoms with Gasteiger partial charge in [0.15, 0.2) is 0 Å². The van der Waals surface area contributed by atoms with Gasteiger partial charge in [0.25, 0.3) is 0 Å². The van der Waals surface area contributed by atoms with Crippen LogP contribution in [0.3, 0.4) is 0 Å². The summed E-state index contributed by atoms with van der Waals surface area (Å²) in [4.78, 5) is 0. The number of hydrogen-bond acceptors (Lipinski definition) is 0. The maximum absolute atomic E-state index is 2.43. The van der Waals surface area contributed by atoms with Crippen molar-refractivity contribution in [3.8, 4) is 33.6 Å². The second-order valence-corrected chi connectivity index (χ2v) is 15.4. The molecule has 0 N–H and O–H groups in total. The lowest BCUT2D eigenvalue weighted by Gasteiger charge is -2.14. The van der Waals surface area contributed by atoms with E-state index in [2.05, 4.69) is 219 Å². The normalized spacial score (nSPS) is 11.9. The number of aromatic nitrogens is 2. The third-order valence-electron chi connectivity index (χ3n) is 11.4. The van der Waals surface area contributed by atoms with E-state index in [4.69, 9.17) is 0 Å². The van der Waals surface area contributed by atoms with E-state index in [0.29, 0.717) is 0 Å². The summed E-state index contributed by atoms with van der Waals surface area (Å²) in [7, 11) is 0. The number of benzene rings is 8. The van der Waals surface area contributed by atoms with Gasteiger partial charge in [-0.2, -0.15) is 0 Å². The fourth-order valence-corrected chi connectivity index (χ4v) is 8.51. The van der Waals surface area contributed by atoms with Crippen LogP contribution in [0.2, 0.25) is 0 Å². The van der Waals surface area contributed by atoms with Crippen molar-refractivity contribution in [1.82, 2.24) is 9.13 Å². The largest absolute Gasteiger partial charge is 0.309 e. The molecule has 0 radical (unpaired) electrons. The third kappa shape index (κ3) is 5.82. The van der Waals surface area contributed by atoms with Crippen LogP contribution in [0.5, 0.6) is 0 Å². The Morgan fingerprint density at radius 3 is 1.16 bits per heavy atom. The number of nitrogens with zero attached hydrogens (tertiary/aromatic N) is 2. The van der Waals surface area contributed by atoms with Crippen LogP contribution < -0.4 is 0 Å². The quantitative estimate of drug-likeness (QED) is 0.152. The van der Waals surface area contributed by atoms with Gasteiger partial charge in [-0.05, 0) is 122 Å². The summed E-state index contributed by atoms with van der Waals surface area (Å²) in [5, 5.41) is 5.20. The molecule has 0 aliphatic carbocycles. The zero-order valence-electron chi connectivity index (χ0n) is 32.2. The minimum Gasteiger partial charge on any atom is -0.309 e. The van der Waals surface area contributed by atoms with Gasteiger partial charge < -0.3 is 9.13 Å². The summed E-state index contributed by atoms with van der Waals surface area (Å²) >= 11 is 0. The molecule has 0 unspecified atom stereocenters. The molecule has 2 heteroatoms. The first-order chi connectivity index (χ1) is 27.4. The Kier molecular flexibility index (Phi) is 8.08. The van der Waals surface area contributed by atoms with Crippen LogP contribution in [-0.4, -0.2) is 9.13 Å². The van der Waals surface area contributed by atoms with Gasteiger partial charge in [-0.1, -0.05) is 138 Å². The summed E-state index contributed by atoms with van der Waals surface area (Å²) in [5.74, 6) is 0. The highest BCUT2D eigenvalue weighted by atomic mass is 15.0. The number of aryl methyl sites for hydroxylation is 4. The third-order valence-corrected chi connectivity index (χ3v) is 11.4. The molecule has 8 aromatic carbocycles. The van der Waals surface area contributed by atoms with E-state index in [1.54, 1.807) is 0 Å². The van der Waals surface area contributed by atoms with Crippen LogP contribution in [0.1, 0.15) is 33.4 Å². The van der Waals surface area contributed by atoms with Crippen LogP contribution in [0.15, 0.2) is 170 Å². The highest BCUT2D eigenvalue weighted by Crippen LogP contribution is 2.38. The van der Waals surface area contributed by atoms with Gasteiger partial charge in [-0.25, -0.2) is 0 Å². The molecule has 0 spiro atoms. The first kappa shape index (κ1) is 33.7. The monoisotopic (exact) mass is 718 g/mol. The molecule has 0 saturated heterocycles. The number of fused-ring (bicyclic) bond motifs is 6. The zero-order valence-corrected chi connectivity index (χ0v) is 32.2. The number of hydrogen-bond donors (Lipinski definition) is 0. The molecule has 2 heterocycles. The summed E-state index contributed by atoms with van der Waals surface area (Å²) in [6.45, 7) is 8.68. The second kappa shape index (κ2) is 13.4. The molecule has 10 aromatic rings. The molecule has 0 aliphatic heterocycles. The molecule has 0 bridgehead atoms. The predicted molar refractivity (Wildman–Crippen MR) is 240 cm³/mol. The molecule has 10 rings (SSSR count). The Bertz CT molecular complexity index is 3010. The van der Waals surface area contributed by atoms with E-state index in [0.717, 1.165) is 0 Å². The van der Waals surface area contributed by atoms with Gasteiger partial charge in [-0.15, -0.1) is 0 Å². The zero-order chi connectivity index (χ0) is 37.9. The molecule has 0 saturated carbocycles. The average molecular weight is 719 g/mol. The Morgan fingerprint density at radius 2 is 0.714 bits per heavy atom. The Labute approximate surface area is 328 Å². The Morgan fingerprint density at radius 1 is 0.339 bits per heavy atom. The highest BCUT2D eigenvalue weighted by Gasteiger charge is 2.16. The standard InChI is InChI=1S/C54H42N2/c1-35-9-27-51-46(31-35)47-32-36(2)10-28-52(47)55(51)44-25-23-42(24-26-44)41-19-15-39(16-20-41)13-14-40-17-21-43(22-18-40)45-7-5-6-8-50(45)56-53-29-11-37(3)33-48(53)49-34-38(4)12-30-54(49)56/h5-34H,1-4H3/b14-13+. The molecule has 268 valence electrons. The number of rotatable bonds is 6. The first-order valence-corrected chi connectivity index (χ1v) is 19.5. The van der Waals surface area contributed by atoms with Gasteiger partial charge in [0.05, 0.1) is 27.8 Å². The molecule has 2 nitrogen and oxygen atoms in total. The molecule has 0 atom stereocenters. The van der Waals surface area contributed by atoms with E-state index in [-0.39, 0.29) is 0 Å². The second-order valence-electron chi connectivity index (χ2n) is 15.4. The lowest BCUT2D eigenvalue weighted by atomic mass is 10.0. The van der Waals surface area contributed by atoms with E-state index < -0.39 is 0 Å². The van der Waals surface area contributed by atoms with Gasteiger partial charge in [0, 0.05) is 32.8 Å². The van der Waals surface area contributed by atoms with Crippen LogP contribution in [-0.2, 0) is 0 Å².